The summed E-state index contributed by atoms with van der Waals surface area (Å²) in [5.41, 5.74) is 0.0541. The number of methoxy groups -OCH3 is 1. The van der Waals surface area contributed by atoms with E-state index in [1.807, 2.05) is 0 Å². The van der Waals surface area contributed by atoms with Crippen LogP contribution in [0.1, 0.15) is 33.6 Å². The molecule has 0 aliphatic rings. The minimum atomic E-state index is 0.0541. The van der Waals surface area contributed by atoms with E-state index in [2.05, 4.69) is 20.8 Å². The Morgan fingerprint density at radius 3 is 2.00 bits per heavy atom. The predicted octanol–water partition coefficient (Wildman–Crippen LogP) is 2.23. The van der Waals surface area contributed by atoms with E-state index in [9.17, 15) is 0 Å². The van der Waals surface area contributed by atoms with Crippen LogP contribution in [0.4, 0.5) is 0 Å². The van der Waals surface area contributed by atoms with Gasteiger partial charge < -0.3 is 9.47 Å². The molecule has 0 aliphatic carbocycles. The Balaban J connectivity index is 3.51. The first kappa shape index (κ1) is 10.9. The molecule has 0 fully saturated rings. The van der Waals surface area contributed by atoms with Crippen LogP contribution in [0, 0.1) is 0 Å². The third-order valence-corrected chi connectivity index (χ3v) is 2.23. The topological polar surface area (TPSA) is 18.5 Å². The average Bonchev–Trinajstić information content (AvgIpc) is 2.05. The number of rotatable bonds is 6. The molecular formula is C9H20O2. The van der Waals surface area contributed by atoms with Gasteiger partial charge in [-0.25, -0.2) is 0 Å². The van der Waals surface area contributed by atoms with Crippen molar-refractivity contribution in [2.45, 2.75) is 39.2 Å². The Morgan fingerprint density at radius 1 is 1.09 bits per heavy atom. The van der Waals surface area contributed by atoms with Crippen molar-refractivity contribution in [3.8, 4) is 0 Å². The Hall–Kier alpha value is -0.0800. The summed E-state index contributed by atoms with van der Waals surface area (Å²) in [6, 6.07) is 0. The normalized spacial score (nSPS) is 12.0. The zero-order valence-corrected chi connectivity index (χ0v) is 8.14. The van der Waals surface area contributed by atoms with Crippen LogP contribution in [-0.4, -0.2) is 25.9 Å². The fraction of sp³-hybridized carbons (Fsp3) is 1.00. The van der Waals surface area contributed by atoms with Gasteiger partial charge >= 0.3 is 0 Å². The van der Waals surface area contributed by atoms with Crippen LogP contribution in [-0.2, 0) is 9.47 Å². The van der Waals surface area contributed by atoms with E-state index >= 15 is 0 Å². The minimum Gasteiger partial charge on any atom is -0.382 e. The van der Waals surface area contributed by atoms with Gasteiger partial charge in [0.15, 0.2) is 0 Å². The zero-order valence-electron chi connectivity index (χ0n) is 8.14. The predicted molar refractivity (Wildman–Crippen MR) is 46.8 cm³/mol. The van der Waals surface area contributed by atoms with Gasteiger partial charge in [-0.15, -0.1) is 0 Å². The molecule has 0 spiro atoms. The lowest BCUT2D eigenvalue weighted by atomic mass is 10.0. The standard InChI is InChI=1S/C9H20O2/c1-5-9(3,6-2)11-8-7-10-4/h5-8H2,1-4H3. The summed E-state index contributed by atoms with van der Waals surface area (Å²) in [5, 5.41) is 0. The van der Waals surface area contributed by atoms with Gasteiger partial charge in [-0.05, 0) is 19.8 Å². The fourth-order valence-electron chi connectivity index (χ4n) is 0.826. The molecule has 0 bridgehead atoms. The molecule has 2 heteroatoms. The Morgan fingerprint density at radius 2 is 1.64 bits per heavy atom. The first-order chi connectivity index (χ1) is 5.18. The summed E-state index contributed by atoms with van der Waals surface area (Å²) < 4.78 is 10.5. The van der Waals surface area contributed by atoms with E-state index in [1.165, 1.54) is 0 Å². The summed E-state index contributed by atoms with van der Waals surface area (Å²) >= 11 is 0. The van der Waals surface area contributed by atoms with Gasteiger partial charge in [0, 0.05) is 7.11 Å². The van der Waals surface area contributed by atoms with Crippen LogP contribution in [0.3, 0.4) is 0 Å². The van der Waals surface area contributed by atoms with Gasteiger partial charge in [-0.3, -0.25) is 0 Å². The summed E-state index contributed by atoms with van der Waals surface area (Å²) in [5.74, 6) is 0. The van der Waals surface area contributed by atoms with E-state index in [-0.39, 0.29) is 5.60 Å². The molecule has 0 saturated heterocycles. The van der Waals surface area contributed by atoms with E-state index in [1.54, 1.807) is 7.11 Å². The molecule has 0 saturated carbocycles. The van der Waals surface area contributed by atoms with Gasteiger partial charge in [-0.1, -0.05) is 13.8 Å². The number of hydrogen-bond donors (Lipinski definition) is 0. The van der Waals surface area contributed by atoms with Gasteiger partial charge in [0.1, 0.15) is 0 Å². The van der Waals surface area contributed by atoms with Crippen molar-refractivity contribution in [3.63, 3.8) is 0 Å². The van der Waals surface area contributed by atoms with E-state index in [4.69, 9.17) is 9.47 Å². The molecule has 0 radical (unpaired) electrons. The van der Waals surface area contributed by atoms with Gasteiger partial charge in [0.05, 0.1) is 18.8 Å². The van der Waals surface area contributed by atoms with Crippen molar-refractivity contribution >= 4 is 0 Å². The molecule has 2 nitrogen and oxygen atoms in total. The maximum atomic E-state index is 5.64. The molecular weight excluding hydrogens is 140 g/mol. The molecule has 0 aromatic rings. The van der Waals surface area contributed by atoms with Gasteiger partial charge in [-0.2, -0.15) is 0 Å². The summed E-state index contributed by atoms with van der Waals surface area (Å²) in [6.07, 6.45) is 2.13. The quantitative estimate of drug-likeness (QED) is 0.555. The summed E-state index contributed by atoms with van der Waals surface area (Å²) in [4.78, 5) is 0. The highest BCUT2D eigenvalue weighted by atomic mass is 16.5. The van der Waals surface area contributed by atoms with Crippen LogP contribution in [0.25, 0.3) is 0 Å². The molecule has 0 rings (SSSR count). The first-order valence-electron chi connectivity index (χ1n) is 4.31. The van der Waals surface area contributed by atoms with Crippen molar-refractivity contribution in [2.24, 2.45) is 0 Å². The molecule has 0 amide bonds. The highest BCUT2D eigenvalue weighted by molar-refractivity contribution is 4.70. The highest BCUT2D eigenvalue weighted by Gasteiger charge is 2.19. The maximum Gasteiger partial charge on any atom is 0.0707 e. The Kier molecular flexibility index (Phi) is 5.51. The molecule has 0 aromatic heterocycles. The number of hydrogen-bond acceptors (Lipinski definition) is 2. The largest absolute Gasteiger partial charge is 0.382 e. The summed E-state index contributed by atoms with van der Waals surface area (Å²) in [6.45, 7) is 7.83. The van der Waals surface area contributed by atoms with Crippen LogP contribution < -0.4 is 0 Å². The van der Waals surface area contributed by atoms with Crippen molar-refractivity contribution < 1.29 is 9.47 Å². The van der Waals surface area contributed by atoms with Crippen LogP contribution in [0.2, 0.25) is 0 Å². The molecule has 0 heterocycles. The smallest absolute Gasteiger partial charge is 0.0707 e. The van der Waals surface area contributed by atoms with E-state index in [0.29, 0.717) is 13.2 Å². The third kappa shape index (κ3) is 4.38. The van der Waals surface area contributed by atoms with E-state index < -0.39 is 0 Å². The first-order valence-corrected chi connectivity index (χ1v) is 4.31. The molecule has 68 valence electrons. The molecule has 0 atom stereocenters. The van der Waals surface area contributed by atoms with Crippen LogP contribution in [0.15, 0.2) is 0 Å². The lowest BCUT2D eigenvalue weighted by Crippen LogP contribution is -2.28. The maximum absolute atomic E-state index is 5.64. The van der Waals surface area contributed by atoms with Crippen LogP contribution >= 0.6 is 0 Å². The Bertz CT molecular complexity index is 87.6. The molecule has 0 N–H and O–H groups in total. The second kappa shape index (κ2) is 5.56. The van der Waals surface area contributed by atoms with Crippen LogP contribution in [0.5, 0.6) is 0 Å². The second-order valence-corrected chi connectivity index (χ2v) is 3.00. The molecule has 0 aliphatic heterocycles. The van der Waals surface area contributed by atoms with Gasteiger partial charge in [0.25, 0.3) is 0 Å². The highest BCUT2D eigenvalue weighted by Crippen LogP contribution is 2.18. The lowest BCUT2D eigenvalue weighted by molar-refractivity contribution is -0.0554. The van der Waals surface area contributed by atoms with Gasteiger partial charge in [0.2, 0.25) is 0 Å². The van der Waals surface area contributed by atoms with E-state index in [0.717, 1.165) is 12.8 Å². The lowest BCUT2D eigenvalue weighted by Gasteiger charge is -2.26. The average molecular weight is 160 g/mol. The molecule has 0 aromatic carbocycles. The van der Waals surface area contributed by atoms with Crippen molar-refractivity contribution in [1.29, 1.82) is 0 Å². The molecule has 11 heavy (non-hydrogen) atoms. The third-order valence-electron chi connectivity index (χ3n) is 2.23. The fourth-order valence-corrected chi connectivity index (χ4v) is 0.826. The van der Waals surface area contributed by atoms with Crippen molar-refractivity contribution in [2.75, 3.05) is 20.3 Å². The second-order valence-electron chi connectivity index (χ2n) is 3.00. The zero-order chi connectivity index (χ0) is 8.74. The minimum absolute atomic E-state index is 0.0541. The molecule has 0 unspecified atom stereocenters. The Labute approximate surface area is 69.9 Å². The summed E-state index contributed by atoms with van der Waals surface area (Å²) in [7, 11) is 1.69. The monoisotopic (exact) mass is 160 g/mol. The number of ether oxygens (including phenoxy) is 2. The van der Waals surface area contributed by atoms with Crippen molar-refractivity contribution in [3.05, 3.63) is 0 Å². The SMILES string of the molecule is CCC(C)(CC)OCCOC. The van der Waals surface area contributed by atoms with Crippen molar-refractivity contribution in [1.82, 2.24) is 0 Å².